The van der Waals surface area contributed by atoms with Gasteiger partial charge < -0.3 is 15.6 Å². The molecule has 0 atom stereocenters. The monoisotopic (exact) mass is 405 g/mol. The van der Waals surface area contributed by atoms with Gasteiger partial charge in [-0.3, -0.25) is 5.43 Å². The highest BCUT2D eigenvalue weighted by molar-refractivity contribution is 7.90. The van der Waals surface area contributed by atoms with Crippen LogP contribution in [0.2, 0.25) is 0 Å². The number of halogens is 1. The van der Waals surface area contributed by atoms with E-state index < -0.39 is 33.2 Å². The van der Waals surface area contributed by atoms with Crippen molar-refractivity contribution in [3.8, 4) is 17.6 Å². The molecule has 28 heavy (non-hydrogen) atoms. The largest absolute Gasteiger partial charge is 0.476 e. The van der Waals surface area contributed by atoms with Crippen LogP contribution in [0.3, 0.4) is 0 Å². The smallest absolute Gasteiger partial charge is 0.357 e. The van der Waals surface area contributed by atoms with Crippen LogP contribution in [-0.4, -0.2) is 25.7 Å². The summed E-state index contributed by atoms with van der Waals surface area (Å²) in [5, 5.41) is 8.86. The Hall–Kier alpha value is -3.55. The molecule has 0 saturated heterocycles. The molecule has 0 aliphatic carbocycles. The molecule has 0 heterocycles. The number of hydrazine groups is 1. The molecule has 0 unspecified atom stereocenters. The van der Waals surface area contributed by atoms with Gasteiger partial charge in [0.15, 0.2) is 15.5 Å². The van der Waals surface area contributed by atoms with Crippen LogP contribution in [0.4, 0.5) is 4.39 Å². The van der Waals surface area contributed by atoms with Crippen LogP contribution in [0.5, 0.6) is 5.75 Å². The fourth-order valence-corrected chi connectivity index (χ4v) is 2.63. The van der Waals surface area contributed by atoms with E-state index in [2.05, 4.69) is 11.8 Å². The predicted octanol–water partition coefficient (Wildman–Crippen LogP) is 0.684. The normalized spacial score (nSPS) is 11.7. The Morgan fingerprint density at radius 1 is 1.14 bits per heavy atom. The SMILES string of the molecule is CS(=O)(=O)c1ccc(C#Cc2cc(F)cc(O/C(NN)=C(/N)C(=O)O)c2)cc1. The summed E-state index contributed by atoms with van der Waals surface area (Å²) < 4.78 is 41.9. The van der Waals surface area contributed by atoms with Gasteiger partial charge in [0.25, 0.3) is 0 Å². The molecule has 0 amide bonds. The van der Waals surface area contributed by atoms with Crippen LogP contribution >= 0.6 is 0 Å². The van der Waals surface area contributed by atoms with E-state index in [0.29, 0.717) is 5.56 Å². The van der Waals surface area contributed by atoms with Gasteiger partial charge in [0.2, 0.25) is 5.88 Å². The van der Waals surface area contributed by atoms with Crippen LogP contribution in [-0.2, 0) is 14.6 Å². The van der Waals surface area contributed by atoms with E-state index in [1.54, 1.807) is 0 Å². The van der Waals surface area contributed by atoms with Crippen molar-refractivity contribution in [3.05, 3.63) is 71.0 Å². The van der Waals surface area contributed by atoms with E-state index in [0.717, 1.165) is 18.4 Å². The minimum Gasteiger partial charge on any atom is -0.476 e. The lowest BCUT2D eigenvalue weighted by Crippen LogP contribution is -2.31. The molecule has 146 valence electrons. The summed E-state index contributed by atoms with van der Waals surface area (Å²) in [6, 6.07) is 9.37. The number of benzene rings is 2. The third-order valence-electron chi connectivity index (χ3n) is 3.33. The Kier molecular flexibility index (Phi) is 6.25. The van der Waals surface area contributed by atoms with E-state index in [1.807, 2.05) is 5.43 Å². The Morgan fingerprint density at radius 2 is 1.75 bits per heavy atom. The summed E-state index contributed by atoms with van der Waals surface area (Å²) in [5.41, 5.74) is 7.36. The molecule has 0 aliphatic heterocycles. The molecule has 8 nitrogen and oxygen atoms in total. The van der Waals surface area contributed by atoms with Gasteiger partial charge in [0.05, 0.1) is 4.90 Å². The van der Waals surface area contributed by atoms with E-state index in [1.165, 1.54) is 30.3 Å². The molecule has 6 N–H and O–H groups in total. The zero-order valence-electron chi connectivity index (χ0n) is 14.6. The van der Waals surface area contributed by atoms with E-state index in [9.17, 15) is 17.6 Å². The van der Waals surface area contributed by atoms with Gasteiger partial charge in [-0.1, -0.05) is 11.8 Å². The Bertz CT molecular complexity index is 1100. The third kappa shape index (κ3) is 5.47. The summed E-state index contributed by atoms with van der Waals surface area (Å²) in [7, 11) is -3.31. The molecule has 2 rings (SSSR count). The Morgan fingerprint density at radius 3 is 2.29 bits per heavy atom. The maximum atomic E-state index is 13.8. The maximum Gasteiger partial charge on any atom is 0.357 e. The molecule has 0 bridgehead atoms. The van der Waals surface area contributed by atoms with Crippen molar-refractivity contribution in [2.45, 2.75) is 4.90 Å². The minimum atomic E-state index is -3.31. The number of ether oxygens (including phenoxy) is 1. The summed E-state index contributed by atoms with van der Waals surface area (Å²) in [6.07, 6.45) is 1.10. The molecule has 2 aromatic rings. The number of nitrogens with one attached hydrogen (secondary N) is 1. The van der Waals surface area contributed by atoms with E-state index in [4.69, 9.17) is 21.4 Å². The van der Waals surface area contributed by atoms with Crippen molar-refractivity contribution in [2.24, 2.45) is 11.6 Å². The first-order chi connectivity index (χ1) is 13.1. The molecule has 0 fully saturated rings. The number of carboxylic acid groups (broad SMARTS) is 1. The predicted molar refractivity (Wildman–Crippen MR) is 98.7 cm³/mol. The summed E-state index contributed by atoms with van der Waals surface area (Å²) in [4.78, 5) is 11.0. The highest BCUT2D eigenvalue weighted by Crippen LogP contribution is 2.18. The van der Waals surface area contributed by atoms with Gasteiger partial charge in [0.1, 0.15) is 11.6 Å². The minimum absolute atomic E-state index is 0.0751. The van der Waals surface area contributed by atoms with Crippen LogP contribution in [0.25, 0.3) is 0 Å². The second-order valence-corrected chi connectivity index (χ2v) is 7.53. The fraction of sp³-hybridized carbons (Fsp3) is 0.0556. The second kappa shape index (κ2) is 8.43. The summed E-state index contributed by atoms with van der Waals surface area (Å²) in [6.45, 7) is 0. The quantitative estimate of drug-likeness (QED) is 0.187. The Labute approximate surface area is 160 Å². The van der Waals surface area contributed by atoms with Crippen molar-refractivity contribution in [3.63, 3.8) is 0 Å². The van der Waals surface area contributed by atoms with E-state index >= 15 is 0 Å². The third-order valence-corrected chi connectivity index (χ3v) is 4.46. The Balaban J connectivity index is 2.31. The van der Waals surface area contributed by atoms with Crippen molar-refractivity contribution in [1.82, 2.24) is 5.43 Å². The number of carbonyl (C=O) groups is 1. The molecule has 10 heteroatoms. The second-order valence-electron chi connectivity index (χ2n) is 5.52. The van der Waals surface area contributed by atoms with Crippen molar-refractivity contribution in [2.75, 3.05) is 6.26 Å². The summed E-state index contributed by atoms with van der Waals surface area (Å²) in [5.74, 6) is 7.95. The zero-order chi connectivity index (χ0) is 20.9. The van der Waals surface area contributed by atoms with Crippen LogP contribution in [0.1, 0.15) is 11.1 Å². The van der Waals surface area contributed by atoms with Crippen molar-refractivity contribution >= 4 is 15.8 Å². The van der Waals surface area contributed by atoms with Crippen molar-refractivity contribution < 1.29 is 27.4 Å². The maximum absolute atomic E-state index is 13.8. The molecule has 2 aromatic carbocycles. The number of hydrogen-bond acceptors (Lipinski definition) is 7. The van der Waals surface area contributed by atoms with Crippen molar-refractivity contribution in [1.29, 1.82) is 0 Å². The first-order valence-corrected chi connectivity index (χ1v) is 9.49. The van der Waals surface area contributed by atoms with Crippen LogP contribution in [0, 0.1) is 17.7 Å². The first kappa shape index (κ1) is 20.8. The highest BCUT2D eigenvalue weighted by atomic mass is 32.2. The lowest BCUT2D eigenvalue weighted by Gasteiger charge is -2.11. The standard InChI is InChI=1S/C18H16FN3O5S/c1-28(25,26)15-6-4-11(5-7-15)2-3-12-8-13(19)10-14(9-12)27-17(22-21)16(20)18(23)24/h4-10,22H,20-21H2,1H3,(H,23,24)/b17-16+. The van der Waals surface area contributed by atoms with Gasteiger partial charge in [-0.2, -0.15) is 0 Å². The zero-order valence-corrected chi connectivity index (χ0v) is 15.4. The molecular weight excluding hydrogens is 389 g/mol. The van der Waals surface area contributed by atoms with Gasteiger partial charge in [-0.05, 0) is 36.4 Å². The lowest BCUT2D eigenvalue weighted by molar-refractivity contribution is -0.132. The van der Waals surface area contributed by atoms with Crippen LogP contribution < -0.4 is 21.7 Å². The molecule has 0 aliphatic rings. The average Bonchev–Trinajstić information content (AvgIpc) is 2.63. The van der Waals surface area contributed by atoms with Gasteiger partial charge >= 0.3 is 5.97 Å². The topological polar surface area (TPSA) is 145 Å². The van der Waals surface area contributed by atoms with E-state index in [-0.39, 0.29) is 16.2 Å². The van der Waals surface area contributed by atoms with Gasteiger partial charge in [-0.15, -0.1) is 0 Å². The molecular formula is C18H16FN3O5S. The highest BCUT2D eigenvalue weighted by Gasteiger charge is 2.13. The van der Waals surface area contributed by atoms with Gasteiger partial charge in [0, 0.05) is 23.4 Å². The molecule has 0 aromatic heterocycles. The number of nitrogens with two attached hydrogens (primary N) is 2. The number of aliphatic carboxylic acids is 1. The fourth-order valence-electron chi connectivity index (χ4n) is 2.00. The number of rotatable bonds is 5. The van der Waals surface area contributed by atoms with Gasteiger partial charge in [-0.25, -0.2) is 23.4 Å². The molecule has 0 spiro atoms. The summed E-state index contributed by atoms with van der Waals surface area (Å²) >= 11 is 0. The first-order valence-electron chi connectivity index (χ1n) is 7.60. The molecule has 0 saturated carbocycles. The lowest BCUT2D eigenvalue weighted by atomic mass is 10.1. The number of hydrogen-bond donors (Lipinski definition) is 4. The molecule has 0 radical (unpaired) electrons. The number of sulfone groups is 1. The average molecular weight is 405 g/mol. The number of carboxylic acids is 1. The van der Waals surface area contributed by atoms with Crippen LogP contribution in [0.15, 0.2) is 58.9 Å².